The summed E-state index contributed by atoms with van der Waals surface area (Å²) in [4.78, 5) is 11.6. The Morgan fingerprint density at radius 1 is 0.889 bits per heavy atom. The van der Waals surface area contributed by atoms with E-state index in [1.54, 1.807) is 0 Å². The van der Waals surface area contributed by atoms with Crippen molar-refractivity contribution in [3.63, 3.8) is 0 Å². The van der Waals surface area contributed by atoms with Gasteiger partial charge in [0, 0.05) is 30.8 Å². The number of anilines is 2. The number of hydrogen-bond acceptors (Lipinski definition) is 5. The van der Waals surface area contributed by atoms with Gasteiger partial charge in [-0.25, -0.2) is 9.97 Å². The molecule has 1 atom stereocenters. The lowest BCUT2D eigenvalue weighted by atomic mass is 10.1. The Labute approximate surface area is 161 Å². The first-order valence-corrected chi connectivity index (χ1v) is 9.26. The van der Waals surface area contributed by atoms with Crippen LogP contribution in [0.4, 0.5) is 11.6 Å². The Bertz CT molecular complexity index is 834. The summed E-state index contributed by atoms with van der Waals surface area (Å²) < 4.78 is 0. The van der Waals surface area contributed by atoms with Crippen molar-refractivity contribution in [2.45, 2.75) is 13.0 Å². The monoisotopic (exact) mass is 361 g/mol. The van der Waals surface area contributed by atoms with Gasteiger partial charge in [0.25, 0.3) is 0 Å². The molecule has 0 saturated heterocycles. The van der Waals surface area contributed by atoms with Crippen LogP contribution < -0.4 is 10.6 Å². The molecule has 0 saturated carbocycles. The first kappa shape index (κ1) is 18.9. The van der Waals surface area contributed by atoms with Gasteiger partial charge in [0.1, 0.15) is 11.6 Å². The van der Waals surface area contributed by atoms with E-state index in [1.807, 2.05) is 42.5 Å². The fraction of sp³-hybridized carbons (Fsp3) is 0.273. The number of nitrogens with one attached hydrogen (secondary N) is 2. The van der Waals surface area contributed by atoms with Crippen molar-refractivity contribution in [3.8, 4) is 11.4 Å². The van der Waals surface area contributed by atoms with Crippen LogP contribution in [0, 0.1) is 0 Å². The molecule has 1 unspecified atom stereocenters. The Hall–Kier alpha value is -2.92. The predicted octanol–water partition coefficient (Wildman–Crippen LogP) is 4.29. The van der Waals surface area contributed by atoms with Gasteiger partial charge in [0.05, 0.1) is 0 Å². The van der Waals surface area contributed by atoms with Gasteiger partial charge in [-0.2, -0.15) is 0 Å². The Balaban J connectivity index is 1.85. The second kappa shape index (κ2) is 9.14. The highest BCUT2D eigenvalue weighted by molar-refractivity contribution is 5.61. The normalized spacial score (nSPS) is 12.0. The summed E-state index contributed by atoms with van der Waals surface area (Å²) >= 11 is 0. The largest absolute Gasteiger partial charge is 0.369 e. The second-order valence-corrected chi connectivity index (χ2v) is 6.83. The van der Waals surface area contributed by atoms with Gasteiger partial charge in [0.15, 0.2) is 5.82 Å². The minimum atomic E-state index is 0.152. The molecule has 0 amide bonds. The van der Waals surface area contributed by atoms with Gasteiger partial charge in [0.2, 0.25) is 0 Å². The van der Waals surface area contributed by atoms with E-state index in [-0.39, 0.29) is 6.04 Å². The third-order valence-electron chi connectivity index (χ3n) is 4.29. The molecule has 0 bridgehead atoms. The minimum Gasteiger partial charge on any atom is -0.369 e. The van der Waals surface area contributed by atoms with Crippen molar-refractivity contribution in [3.05, 3.63) is 72.3 Å². The van der Waals surface area contributed by atoms with Crippen LogP contribution in [0.15, 0.2) is 66.7 Å². The number of likely N-dealkylation sites (N-methyl/N-ethyl adjacent to an activating group) is 1. The van der Waals surface area contributed by atoms with Crippen molar-refractivity contribution in [2.75, 3.05) is 37.8 Å². The van der Waals surface area contributed by atoms with E-state index in [9.17, 15) is 0 Å². The maximum Gasteiger partial charge on any atom is 0.163 e. The number of rotatable bonds is 8. The van der Waals surface area contributed by atoms with Crippen molar-refractivity contribution in [2.24, 2.45) is 0 Å². The molecule has 3 aromatic rings. The SMILES string of the molecule is CC(Nc1cc(NCCN(C)C)nc(-c2ccccc2)n1)c1ccccc1. The maximum atomic E-state index is 4.74. The lowest BCUT2D eigenvalue weighted by Crippen LogP contribution is -2.21. The molecule has 0 aliphatic heterocycles. The Morgan fingerprint density at radius 2 is 1.52 bits per heavy atom. The number of nitrogens with zero attached hydrogens (tertiary/aromatic N) is 3. The molecule has 1 heterocycles. The molecule has 3 rings (SSSR count). The van der Waals surface area contributed by atoms with Crippen molar-refractivity contribution >= 4 is 11.6 Å². The van der Waals surface area contributed by atoms with Crippen LogP contribution in [-0.4, -0.2) is 42.1 Å². The summed E-state index contributed by atoms with van der Waals surface area (Å²) in [6.07, 6.45) is 0. The molecular formula is C22H27N5. The van der Waals surface area contributed by atoms with Crippen LogP contribution in [0.1, 0.15) is 18.5 Å². The summed E-state index contributed by atoms with van der Waals surface area (Å²) in [6.45, 7) is 3.90. The third kappa shape index (κ3) is 5.53. The van der Waals surface area contributed by atoms with E-state index in [0.717, 1.165) is 30.3 Å². The molecule has 1 aromatic heterocycles. The molecule has 0 aliphatic rings. The Morgan fingerprint density at radius 3 is 2.19 bits per heavy atom. The minimum absolute atomic E-state index is 0.152. The van der Waals surface area contributed by atoms with Crippen molar-refractivity contribution in [1.82, 2.24) is 14.9 Å². The third-order valence-corrected chi connectivity index (χ3v) is 4.29. The van der Waals surface area contributed by atoms with E-state index in [1.165, 1.54) is 5.56 Å². The van der Waals surface area contributed by atoms with Gasteiger partial charge in [-0.1, -0.05) is 60.7 Å². The van der Waals surface area contributed by atoms with Crippen LogP contribution >= 0.6 is 0 Å². The van der Waals surface area contributed by atoms with E-state index in [4.69, 9.17) is 9.97 Å². The fourth-order valence-corrected chi connectivity index (χ4v) is 2.78. The molecule has 140 valence electrons. The first-order chi connectivity index (χ1) is 13.1. The Kier molecular flexibility index (Phi) is 6.39. The zero-order chi connectivity index (χ0) is 19.1. The summed E-state index contributed by atoms with van der Waals surface area (Å²) in [6, 6.07) is 22.6. The average molecular weight is 361 g/mol. The summed E-state index contributed by atoms with van der Waals surface area (Å²) in [7, 11) is 4.12. The number of aromatic nitrogens is 2. The predicted molar refractivity (Wildman–Crippen MR) is 113 cm³/mol. The maximum absolute atomic E-state index is 4.74. The van der Waals surface area contributed by atoms with E-state index in [0.29, 0.717) is 5.82 Å². The quantitative estimate of drug-likeness (QED) is 0.627. The lowest BCUT2D eigenvalue weighted by Gasteiger charge is -2.17. The second-order valence-electron chi connectivity index (χ2n) is 6.83. The number of hydrogen-bond donors (Lipinski definition) is 2. The molecule has 5 heteroatoms. The highest BCUT2D eigenvalue weighted by Crippen LogP contribution is 2.23. The van der Waals surface area contributed by atoms with Gasteiger partial charge in [-0.05, 0) is 26.6 Å². The highest BCUT2D eigenvalue weighted by Gasteiger charge is 2.10. The zero-order valence-corrected chi connectivity index (χ0v) is 16.2. The van der Waals surface area contributed by atoms with Crippen LogP contribution in [0.2, 0.25) is 0 Å². The van der Waals surface area contributed by atoms with Crippen LogP contribution in [0.3, 0.4) is 0 Å². The lowest BCUT2D eigenvalue weighted by molar-refractivity contribution is 0.425. The van der Waals surface area contributed by atoms with Gasteiger partial charge >= 0.3 is 0 Å². The summed E-state index contributed by atoms with van der Waals surface area (Å²) in [5.74, 6) is 2.36. The molecular weight excluding hydrogens is 334 g/mol. The summed E-state index contributed by atoms with van der Waals surface area (Å²) in [5.41, 5.74) is 2.23. The average Bonchev–Trinajstić information content (AvgIpc) is 2.69. The molecule has 27 heavy (non-hydrogen) atoms. The van der Waals surface area contributed by atoms with Crippen LogP contribution in [0.25, 0.3) is 11.4 Å². The first-order valence-electron chi connectivity index (χ1n) is 9.26. The van der Waals surface area contributed by atoms with Crippen molar-refractivity contribution in [1.29, 1.82) is 0 Å². The molecule has 0 spiro atoms. The topological polar surface area (TPSA) is 53.1 Å². The molecule has 0 radical (unpaired) electrons. The van der Waals surface area contributed by atoms with E-state index < -0.39 is 0 Å². The van der Waals surface area contributed by atoms with Gasteiger partial charge < -0.3 is 15.5 Å². The van der Waals surface area contributed by atoms with Gasteiger partial charge in [-0.3, -0.25) is 0 Å². The smallest absolute Gasteiger partial charge is 0.163 e. The molecule has 5 nitrogen and oxygen atoms in total. The van der Waals surface area contributed by atoms with Crippen LogP contribution in [0.5, 0.6) is 0 Å². The van der Waals surface area contributed by atoms with E-state index in [2.05, 4.69) is 60.8 Å². The highest BCUT2D eigenvalue weighted by atomic mass is 15.1. The number of benzene rings is 2. The standard InChI is InChI=1S/C22H27N5/c1-17(18-10-6-4-7-11-18)24-21-16-20(23-14-15-27(2)3)25-22(26-21)19-12-8-5-9-13-19/h4-13,16-17H,14-15H2,1-3H3,(H2,23,24,25,26). The van der Waals surface area contributed by atoms with E-state index >= 15 is 0 Å². The fourth-order valence-electron chi connectivity index (χ4n) is 2.78. The molecule has 2 N–H and O–H groups in total. The van der Waals surface area contributed by atoms with Crippen LogP contribution in [-0.2, 0) is 0 Å². The van der Waals surface area contributed by atoms with Gasteiger partial charge in [-0.15, -0.1) is 0 Å². The summed E-state index contributed by atoms with van der Waals surface area (Å²) in [5, 5.41) is 6.91. The molecule has 0 aliphatic carbocycles. The molecule has 0 fully saturated rings. The van der Waals surface area contributed by atoms with Crippen molar-refractivity contribution < 1.29 is 0 Å². The zero-order valence-electron chi connectivity index (χ0n) is 16.2. The molecule has 2 aromatic carbocycles.